The van der Waals surface area contributed by atoms with Crippen LogP contribution < -0.4 is 11.1 Å². The zero-order valence-corrected chi connectivity index (χ0v) is 13.5. The highest BCUT2D eigenvalue weighted by molar-refractivity contribution is 9.11. The molecule has 100 valence electrons. The molecular formula is C13H13Br2N3O. The molecule has 0 spiro atoms. The van der Waals surface area contributed by atoms with Crippen LogP contribution in [0.5, 0.6) is 0 Å². The minimum Gasteiger partial charge on any atom is -0.397 e. The molecule has 0 aliphatic carbocycles. The number of nitrogen functional groups attached to an aromatic ring is 1. The summed E-state index contributed by atoms with van der Waals surface area (Å²) < 4.78 is 3.54. The van der Waals surface area contributed by atoms with Crippen LogP contribution in [0, 0.1) is 0 Å². The van der Waals surface area contributed by atoms with Gasteiger partial charge in [-0.3, -0.25) is 4.79 Å². The Balaban J connectivity index is 2.27. The summed E-state index contributed by atoms with van der Waals surface area (Å²) in [6, 6.07) is 7.27. The number of nitrogens with two attached hydrogens (primary N) is 1. The maximum absolute atomic E-state index is 12.2. The second-order valence-electron chi connectivity index (χ2n) is 4.02. The molecule has 6 heteroatoms. The van der Waals surface area contributed by atoms with E-state index in [-0.39, 0.29) is 5.91 Å². The van der Waals surface area contributed by atoms with Crippen molar-refractivity contribution in [1.82, 2.24) is 4.57 Å². The van der Waals surface area contributed by atoms with E-state index in [1.807, 2.05) is 29.7 Å². The van der Waals surface area contributed by atoms with Gasteiger partial charge in [0.15, 0.2) is 0 Å². The lowest BCUT2D eigenvalue weighted by Crippen LogP contribution is -2.16. The Morgan fingerprint density at radius 2 is 2.11 bits per heavy atom. The quantitative estimate of drug-likeness (QED) is 0.841. The predicted octanol–water partition coefficient (Wildman–Crippen LogP) is 3.87. The molecule has 0 bridgehead atoms. The smallest absolute Gasteiger partial charge is 0.272 e. The van der Waals surface area contributed by atoms with Crippen molar-refractivity contribution in [3.8, 4) is 0 Å². The van der Waals surface area contributed by atoms with Gasteiger partial charge in [-0.15, -0.1) is 0 Å². The SMILES string of the molecule is CCn1cc(N)cc1C(=O)Nc1cc(Br)ccc1Br. The second kappa shape index (κ2) is 5.79. The number of carbonyl (C=O) groups is 1. The van der Waals surface area contributed by atoms with Gasteiger partial charge in [-0.2, -0.15) is 0 Å². The fourth-order valence-corrected chi connectivity index (χ4v) is 2.47. The van der Waals surface area contributed by atoms with E-state index in [1.165, 1.54) is 0 Å². The van der Waals surface area contributed by atoms with Gasteiger partial charge in [-0.25, -0.2) is 0 Å². The number of rotatable bonds is 3. The number of halogens is 2. The molecule has 1 aromatic heterocycles. The molecule has 0 radical (unpaired) electrons. The Hall–Kier alpha value is -1.27. The Bertz CT molecular complexity index is 622. The van der Waals surface area contributed by atoms with Gasteiger partial charge in [0.1, 0.15) is 5.69 Å². The molecule has 4 nitrogen and oxygen atoms in total. The molecule has 0 saturated heterocycles. The Labute approximate surface area is 128 Å². The summed E-state index contributed by atoms with van der Waals surface area (Å²) in [5.41, 5.74) is 7.56. The maximum atomic E-state index is 12.2. The third kappa shape index (κ3) is 3.19. The van der Waals surface area contributed by atoms with Gasteiger partial charge in [-0.1, -0.05) is 15.9 Å². The van der Waals surface area contributed by atoms with Crippen LogP contribution in [-0.2, 0) is 6.54 Å². The fourth-order valence-electron chi connectivity index (χ4n) is 1.76. The zero-order valence-electron chi connectivity index (χ0n) is 10.3. The Kier molecular flexibility index (Phi) is 4.31. The summed E-state index contributed by atoms with van der Waals surface area (Å²) in [6.07, 6.45) is 1.75. The van der Waals surface area contributed by atoms with Crippen molar-refractivity contribution in [2.24, 2.45) is 0 Å². The normalized spacial score (nSPS) is 10.5. The van der Waals surface area contributed by atoms with Crippen molar-refractivity contribution in [2.45, 2.75) is 13.5 Å². The van der Waals surface area contributed by atoms with E-state index in [0.29, 0.717) is 23.6 Å². The van der Waals surface area contributed by atoms with Gasteiger partial charge in [0.05, 0.1) is 11.4 Å². The first kappa shape index (κ1) is 14.1. The van der Waals surface area contributed by atoms with E-state index in [2.05, 4.69) is 37.2 Å². The molecule has 0 fully saturated rings. The first-order valence-corrected chi connectivity index (χ1v) is 7.32. The molecular weight excluding hydrogens is 374 g/mol. The van der Waals surface area contributed by atoms with E-state index in [4.69, 9.17) is 5.73 Å². The number of aryl methyl sites for hydroxylation is 1. The predicted molar refractivity (Wildman–Crippen MR) is 84.3 cm³/mol. The van der Waals surface area contributed by atoms with Gasteiger partial charge in [0.25, 0.3) is 5.91 Å². The summed E-state index contributed by atoms with van der Waals surface area (Å²) in [5, 5.41) is 2.86. The molecule has 0 aliphatic heterocycles. The Morgan fingerprint density at radius 3 is 2.79 bits per heavy atom. The van der Waals surface area contributed by atoms with Crippen LogP contribution in [0.4, 0.5) is 11.4 Å². The van der Waals surface area contributed by atoms with Gasteiger partial charge >= 0.3 is 0 Å². The molecule has 2 aromatic rings. The molecule has 0 aliphatic rings. The highest BCUT2D eigenvalue weighted by Gasteiger charge is 2.13. The van der Waals surface area contributed by atoms with Crippen LogP contribution >= 0.6 is 31.9 Å². The van der Waals surface area contributed by atoms with Gasteiger partial charge in [0.2, 0.25) is 0 Å². The summed E-state index contributed by atoms with van der Waals surface area (Å²) >= 11 is 6.78. The van der Waals surface area contributed by atoms with Gasteiger partial charge in [-0.05, 0) is 47.1 Å². The van der Waals surface area contributed by atoms with Crippen molar-refractivity contribution < 1.29 is 4.79 Å². The average molecular weight is 387 g/mol. The molecule has 19 heavy (non-hydrogen) atoms. The van der Waals surface area contributed by atoms with Crippen LogP contribution in [0.25, 0.3) is 0 Å². The monoisotopic (exact) mass is 385 g/mol. The number of anilines is 2. The average Bonchev–Trinajstić information content (AvgIpc) is 2.75. The number of hydrogen-bond donors (Lipinski definition) is 2. The number of carbonyl (C=O) groups excluding carboxylic acids is 1. The molecule has 1 heterocycles. The molecule has 1 amide bonds. The van der Waals surface area contributed by atoms with Crippen LogP contribution in [0.1, 0.15) is 17.4 Å². The lowest BCUT2D eigenvalue weighted by atomic mass is 10.3. The van der Waals surface area contributed by atoms with E-state index in [9.17, 15) is 4.79 Å². The number of nitrogens with one attached hydrogen (secondary N) is 1. The maximum Gasteiger partial charge on any atom is 0.272 e. The minimum atomic E-state index is -0.183. The van der Waals surface area contributed by atoms with E-state index in [0.717, 1.165) is 8.95 Å². The zero-order chi connectivity index (χ0) is 14.0. The lowest BCUT2D eigenvalue weighted by molar-refractivity contribution is 0.101. The van der Waals surface area contributed by atoms with Gasteiger partial charge in [0, 0.05) is 21.7 Å². The summed E-state index contributed by atoms with van der Waals surface area (Å²) in [7, 11) is 0. The number of benzene rings is 1. The topological polar surface area (TPSA) is 60.0 Å². The van der Waals surface area contributed by atoms with Crippen molar-refractivity contribution in [1.29, 1.82) is 0 Å². The van der Waals surface area contributed by atoms with Crippen molar-refractivity contribution in [2.75, 3.05) is 11.1 Å². The van der Waals surface area contributed by atoms with E-state index >= 15 is 0 Å². The standard InChI is InChI=1S/C13H13Br2N3O/c1-2-18-7-9(16)6-12(18)13(19)17-11-5-8(14)3-4-10(11)15/h3-7H,2,16H2,1H3,(H,17,19). The second-order valence-corrected chi connectivity index (χ2v) is 5.79. The minimum absolute atomic E-state index is 0.183. The summed E-state index contributed by atoms with van der Waals surface area (Å²) in [5.74, 6) is -0.183. The Morgan fingerprint density at radius 1 is 1.37 bits per heavy atom. The van der Waals surface area contributed by atoms with Crippen LogP contribution in [0.3, 0.4) is 0 Å². The van der Waals surface area contributed by atoms with E-state index in [1.54, 1.807) is 12.3 Å². The van der Waals surface area contributed by atoms with E-state index < -0.39 is 0 Å². The largest absolute Gasteiger partial charge is 0.397 e. The molecule has 0 atom stereocenters. The number of hydrogen-bond acceptors (Lipinski definition) is 2. The van der Waals surface area contributed by atoms with Crippen LogP contribution in [0.15, 0.2) is 39.4 Å². The highest BCUT2D eigenvalue weighted by atomic mass is 79.9. The molecule has 1 aromatic carbocycles. The van der Waals surface area contributed by atoms with Crippen molar-refractivity contribution in [3.05, 3.63) is 45.1 Å². The number of nitrogens with zero attached hydrogens (tertiary/aromatic N) is 1. The fraction of sp³-hybridized carbons (Fsp3) is 0.154. The number of amides is 1. The van der Waals surface area contributed by atoms with Crippen LogP contribution in [0.2, 0.25) is 0 Å². The lowest BCUT2D eigenvalue weighted by Gasteiger charge is -2.09. The third-order valence-corrected chi connectivity index (χ3v) is 3.85. The third-order valence-electron chi connectivity index (χ3n) is 2.67. The van der Waals surface area contributed by atoms with Crippen LogP contribution in [-0.4, -0.2) is 10.5 Å². The molecule has 2 rings (SSSR count). The molecule has 3 N–H and O–H groups in total. The van der Waals surface area contributed by atoms with Crippen molar-refractivity contribution >= 4 is 49.1 Å². The molecule has 0 saturated carbocycles. The first-order chi connectivity index (χ1) is 9.01. The highest BCUT2D eigenvalue weighted by Crippen LogP contribution is 2.26. The molecule has 0 unspecified atom stereocenters. The van der Waals surface area contributed by atoms with Crippen molar-refractivity contribution in [3.63, 3.8) is 0 Å². The number of aromatic nitrogens is 1. The van der Waals surface area contributed by atoms with Gasteiger partial charge < -0.3 is 15.6 Å². The first-order valence-electron chi connectivity index (χ1n) is 5.73. The summed E-state index contributed by atoms with van der Waals surface area (Å²) in [4.78, 5) is 12.2. The summed E-state index contributed by atoms with van der Waals surface area (Å²) in [6.45, 7) is 2.66.